The van der Waals surface area contributed by atoms with E-state index in [2.05, 4.69) is 0 Å². The van der Waals surface area contributed by atoms with E-state index in [1.54, 1.807) is 0 Å². The first-order valence-corrected chi connectivity index (χ1v) is 4.31. The van der Waals surface area contributed by atoms with Crippen molar-refractivity contribution < 1.29 is 52.7 Å². The van der Waals surface area contributed by atoms with Crippen LogP contribution in [0.25, 0.3) is 0 Å². The monoisotopic (exact) mass is 328 g/mol. The molecular formula is C8H4F12. The summed E-state index contributed by atoms with van der Waals surface area (Å²) >= 11 is 0. The Bertz CT molecular complexity index is 368. The largest absolute Gasteiger partial charge is 0.385 e. The molecule has 0 aliphatic carbocycles. The molecule has 0 aromatic rings. The molecule has 0 unspecified atom stereocenters. The molecule has 0 atom stereocenters. The first-order chi connectivity index (χ1) is 8.50. The number of hydrogen-bond donors (Lipinski definition) is 0. The highest BCUT2D eigenvalue weighted by atomic mass is 19.4. The average molecular weight is 328 g/mol. The van der Waals surface area contributed by atoms with Gasteiger partial charge in [-0.3, -0.25) is 0 Å². The predicted molar refractivity (Wildman–Crippen MR) is 40.9 cm³/mol. The van der Waals surface area contributed by atoms with Crippen molar-refractivity contribution in [2.75, 3.05) is 0 Å². The van der Waals surface area contributed by atoms with Crippen molar-refractivity contribution in [1.82, 2.24) is 0 Å². The number of rotatable bonds is 6. The first kappa shape index (κ1) is 18.9. The van der Waals surface area contributed by atoms with Gasteiger partial charge >= 0.3 is 36.0 Å². The summed E-state index contributed by atoms with van der Waals surface area (Å²) in [5.74, 6) is -35.0. The van der Waals surface area contributed by atoms with Crippen molar-refractivity contribution in [3.05, 3.63) is 12.7 Å². The molecule has 0 radical (unpaired) electrons. The standard InChI is InChI=1S/C8H4F12/c1-2-4(11,12)6(15,16)8(19,20)7(17,18)5(13,14)3(9)10/h2-3H,1H2. The zero-order valence-corrected chi connectivity index (χ0v) is 8.90. The van der Waals surface area contributed by atoms with E-state index in [0.29, 0.717) is 0 Å². The van der Waals surface area contributed by atoms with Crippen molar-refractivity contribution in [1.29, 1.82) is 0 Å². The topological polar surface area (TPSA) is 0 Å². The fourth-order valence-corrected chi connectivity index (χ4v) is 0.881. The molecule has 0 N–H and O–H groups in total. The SMILES string of the molecule is C=CC(F)(F)C(F)(F)C(F)(F)C(F)(F)C(F)(F)C(F)F. The number of halogens is 12. The van der Waals surface area contributed by atoms with Crippen LogP contribution in [0.2, 0.25) is 0 Å². The van der Waals surface area contributed by atoms with Gasteiger partial charge in [0.15, 0.2) is 0 Å². The van der Waals surface area contributed by atoms with E-state index in [1.165, 1.54) is 0 Å². The smallest absolute Gasteiger partial charge is 0.203 e. The summed E-state index contributed by atoms with van der Waals surface area (Å²) in [6, 6.07) is 0. The Morgan fingerprint density at radius 2 is 1.00 bits per heavy atom. The van der Waals surface area contributed by atoms with Gasteiger partial charge in [0, 0.05) is 0 Å². The second-order valence-electron chi connectivity index (χ2n) is 3.47. The Morgan fingerprint density at radius 3 is 1.25 bits per heavy atom. The molecule has 0 nitrogen and oxygen atoms in total. The summed E-state index contributed by atoms with van der Waals surface area (Å²) in [5.41, 5.74) is 0. The van der Waals surface area contributed by atoms with Gasteiger partial charge in [-0.05, 0) is 6.08 Å². The predicted octanol–water partition coefficient (Wildman–Crippen LogP) is 4.61. The average Bonchev–Trinajstić information content (AvgIpc) is 2.27. The Morgan fingerprint density at radius 1 is 0.650 bits per heavy atom. The van der Waals surface area contributed by atoms with Crippen LogP contribution in [0.4, 0.5) is 52.7 Å². The van der Waals surface area contributed by atoms with Gasteiger partial charge in [0.25, 0.3) is 0 Å². The Labute approximate surface area is 103 Å². The van der Waals surface area contributed by atoms with Crippen LogP contribution in [-0.4, -0.2) is 36.0 Å². The van der Waals surface area contributed by atoms with Gasteiger partial charge in [0.1, 0.15) is 0 Å². The van der Waals surface area contributed by atoms with Crippen LogP contribution >= 0.6 is 0 Å². The minimum atomic E-state index is -7.47. The molecule has 0 heterocycles. The van der Waals surface area contributed by atoms with Gasteiger partial charge < -0.3 is 0 Å². The van der Waals surface area contributed by atoms with Crippen molar-refractivity contribution in [2.24, 2.45) is 0 Å². The summed E-state index contributed by atoms with van der Waals surface area (Å²) in [6.07, 6.45) is -6.69. The highest BCUT2D eigenvalue weighted by molar-refractivity contribution is 5.13. The minimum absolute atomic E-state index is 1.20. The maximum atomic E-state index is 12.7. The van der Waals surface area contributed by atoms with Gasteiger partial charge in [-0.1, -0.05) is 6.58 Å². The zero-order chi connectivity index (χ0) is 16.8. The van der Waals surface area contributed by atoms with Crippen LogP contribution in [0.15, 0.2) is 12.7 Å². The summed E-state index contributed by atoms with van der Waals surface area (Å²) in [7, 11) is 0. The minimum Gasteiger partial charge on any atom is -0.203 e. The Hall–Kier alpha value is -1.10. The lowest BCUT2D eigenvalue weighted by atomic mass is 9.94. The number of hydrogen-bond acceptors (Lipinski definition) is 0. The molecule has 0 aliphatic rings. The normalized spacial score (nSPS) is 15.7. The van der Waals surface area contributed by atoms with E-state index < -0.39 is 42.1 Å². The van der Waals surface area contributed by atoms with Crippen LogP contribution in [0, 0.1) is 0 Å². The van der Waals surface area contributed by atoms with Gasteiger partial charge in [-0.15, -0.1) is 0 Å². The second-order valence-corrected chi connectivity index (χ2v) is 3.47. The third-order valence-electron chi connectivity index (χ3n) is 2.16. The maximum absolute atomic E-state index is 12.7. The van der Waals surface area contributed by atoms with Crippen molar-refractivity contribution in [3.63, 3.8) is 0 Å². The summed E-state index contributed by atoms with van der Waals surface area (Å²) < 4.78 is 148. The maximum Gasteiger partial charge on any atom is 0.385 e. The lowest BCUT2D eigenvalue weighted by molar-refractivity contribution is -0.406. The van der Waals surface area contributed by atoms with Crippen molar-refractivity contribution in [2.45, 2.75) is 36.0 Å². The molecule has 20 heavy (non-hydrogen) atoms. The van der Waals surface area contributed by atoms with E-state index in [1.807, 2.05) is 6.58 Å². The third kappa shape index (κ3) is 2.22. The van der Waals surface area contributed by atoms with Crippen molar-refractivity contribution in [3.8, 4) is 0 Å². The van der Waals surface area contributed by atoms with Gasteiger partial charge in [0.2, 0.25) is 0 Å². The van der Waals surface area contributed by atoms with E-state index in [-0.39, 0.29) is 0 Å². The molecule has 0 amide bonds. The zero-order valence-electron chi connectivity index (χ0n) is 8.90. The highest BCUT2D eigenvalue weighted by Crippen LogP contribution is 2.58. The van der Waals surface area contributed by atoms with Crippen LogP contribution in [-0.2, 0) is 0 Å². The lowest BCUT2D eigenvalue weighted by Crippen LogP contribution is -2.68. The Balaban J connectivity index is 6.04. The van der Waals surface area contributed by atoms with Crippen LogP contribution in [0.5, 0.6) is 0 Å². The van der Waals surface area contributed by atoms with E-state index in [9.17, 15) is 52.7 Å². The van der Waals surface area contributed by atoms with Crippen molar-refractivity contribution >= 4 is 0 Å². The molecule has 0 bridgehead atoms. The molecule has 0 fully saturated rings. The van der Waals surface area contributed by atoms with Gasteiger partial charge in [-0.2, -0.15) is 43.9 Å². The summed E-state index contributed by atoms with van der Waals surface area (Å²) in [4.78, 5) is 0. The molecule has 0 spiro atoms. The molecule has 0 rings (SSSR count). The summed E-state index contributed by atoms with van der Waals surface area (Å²) in [6.45, 7) is 1.95. The van der Waals surface area contributed by atoms with E-state index >= 15 is 0 Å². The summed E-state index contributed by atoms with van der Waals surface area (Å²) in [5, 5.41) is 0. The second kappa shape index (κ2) is 4.72. The molecule has 120 valence electrons. The highest BCUT2D eigenvalue weighted by Gasteiger charge is 2.87. The third-order valence-corrected chi connectivity index (χ3v) is 2.16. The van der Waals surface area contributed by atoms with E-state index in [4.69, 9.17) is 0 Å². The molecule has 12 heteroatoms. The molecule has 0 saturated carbocycles. The molecule has 0 aromatic carbocycles. The quantitative estimate of drug-likeness (QED) is 0.493. The van der Waals surface area contributed by atoms with Gasteiger partial charge in [-0.25, -0.2) is 8.78 Å². The number of allylic oxidation sites excluding steroid dienone is 1. The van der Waals surface area contributed by atoms with Crippen LogP contribution in [0.3, 0.4) is 0 Å². The molecular weight excluding hydrogens is 324 g/mol. The van der Waals surface area contributed by atoms with Gasteiger partial charge in [0.05, 0.1) is 0 Å². The molecule has 0 aliphatic heterocycles. The molecule has 0 aromatic heterocycles. The fourth-order valence-electron chi connectivity index (χ4n) is 0.881. The molecule has 0 saturated heterocycles. The van der Waals surface area contributed by atoms with Crippen LogP contribution in [0.1, 0.15) is 0 Å². The Kier molecular flexibility index (Phi) is 4.46. The first-order valence-electron chi connectivity index (χ1n) is 4.31. The lowest BCUT2D eigenvalue weighted by Gasteiger charge is -2.38. The fraction of sp³-hybridized carbons (Fsp3) is 0.750. The van der Waals surface area contributed by atoms with Crippen LogP contribution < -0.4 is 0 Å². The van der Waals surface area contributed by atoms with E-state index in [0.717, 1.165) is 0 Å². The number of alkyl halides is 12.